The molecule has 0 aromatic heterocycles. The Kier molecular flexibility index (Phi) is 9.33. The van der Waals surface area contributed by atoms with Gasteiger partial charge in [-0.3, -0.25) is 0 Å². The van der Waals surface area contributed by atoms with E-state index in [-0.39, 0.29) is 28.9 Å². The monoisotopic (exact) mass is 627 g/mol. The van der Waals surface area contributed by atoms with Crippen molar-refractivity contribution in [1.82, 2.24) is 4.31 Å². The van der Waals surface area contributed by atoms with E-state index in [0.29, 0.717) is 34.3 Å². The highest BCUT2D eigenvalue weighted by atomic mass is 32.2. The first-order valence-corrected chi connectivity index (χ1v) is 14.1. The summed E-state index contributed by atoms with van der Waals surface area (Å²) in [6.45, 7) is 1.96. The van der Waals surface area contributed by atoms with Crippen LogP contribution < -0.4 is 4.74 Å². The van der Waals surface area contributed by atoms with Crippen LogP contribution in [0, 0.1) is 0 Å². The molecule has 0 atom stereocenters. The summed E-state index contributed by atoms with van der Waals surface area (Å²) in [6.07, 6.45) is -14.6. The van der Waals surface area contributed by atoms with Crippen molar-refractivity contribution in [3.63, 3.8) is 0 Å². The third kappa shape index (κ3) is 7.97. The topological polar surface area (TPSA) is 46.6 Å². The van der Waals surface area contributed by atoms with Crippen LogP contribution in [0.25, 0.3) is 11.1 Å². The van der Waals surface area contributed by atoms with E-state index >= 15 is 0 Å². The van der Waals surface area contributed by atoms with Crippen molar-refractivity contribution < 1.29 is 52.7 Å². The summed E-state index contributed by atoms with van der Waals surface area (Å²) in [5.74, 6) is 0.239. The Morgan fingerprint density at radius 2 is 1.26 bits per heavy atom. The van der Waals surface area contributed by atoms with E-state index < -0.39 is 63.9 Å². The number of ether oxygens (including phenoxy) is 1. The Labute approximate surface area is 236 Å². The van der Waals surface area contributed by atoms with Gasteiger partial charge in [-0.1, -0.05) is 26.0 Å². The summed E-state index contributed by atoms with van der Waals surface area (Å²) in [4.78, 5) is 0. The molecule has 3 aromatic rings. The van der Waals surface area contributed by atoms with Gasteiger partial charge in [0.05, 0.1) is 30.1 Å². The Balaban J connectivity index is 2.22. The number of hydrogen-bond donors (Lipinski definition) is 0. The van der Waals surface area contributed by atoms with Crippen LogP contribution in [0.15, 0.2) is 54.6 Å². The molecule has 42 heavy (non-hydrogen) atoms. The Morgan fingerprint density at radius 1 is 0.714 bits per heavy atom. The maximum Gasteiger partial charge on any atom is 0.416 e. The average molecular weight is 628 g/mol. The quantitative estimate of drug-likeness (QED) is 0.235. The van der Waals surface area contributed by atoms with Gasteiger partial charge in [-0.25, -0.2) is 8.42 Å². The SMILES string of the molecule is COc1ccc(C(C)C)cc1-c1ccc(C(F)(F)F)cc1CN(Cc1cc(C(F)(F)F)cc(C(F)(F)F)c1)S(C)(=O)=O. The highest BCUT2D eigenvalue weighted by Crippen LogP contribution is 2.40. The summed E-state index contributed by atoms with van der Waals surface area (Å²) >= 11 is 0. The Hall–Kier alpha value is -3.26. The van der Waals surface area contributed by atoms with Crippen LogP contribution in [0.1, 0.15) is 53.1 Å². The van der Waals surface area contributed by atoms with Crippen LogP contribution >= 0.6 is 0 Å². The van der Waals surface area contributed by atoms with Gasteiger partial charge in [0.25, 0.3) is 0 Å². The molecule has 3 aromatic carbocycles. The van der Waals surface area contributed by atoms with Crippen molar-refractivity contribution in [2.24, 2.45) is 0 Å². The second kappa shape index (κ2) is 11.8. The van der Waals surface area contributed by atoms with Crippen molar-refractivity contribution in [1.29, 1.82) is 0 Å². The van der Waals surface area contributed by atoms with Gasteiger partial charge in [0.2, 0.25) is 10.0 Å². The van der Waals surface area contributed by atoms with E-state index in [4.69, 9.17) is 4.74 Å². The fourth-order valence-electron chi connectivity index (χ4n) is 4.25. The number of halogens is 9. The van der Waals surface area contributed by atoms with E-state index in [1.807, 2.05) is 13.8 Å². The molecule has 0 aliphatic heterocycles. The van der Waals surface area contributed by atoms with Crippen molar-refractivity contribution in [3.8, 4) is 16.9 Å². The second-order valence-electron chi connectivity index (χ2n) is 9.93. The van der Waals surface area contributed by atoms with Crippen molar-refractivity contribution >= 4 is 10.0 Å². The molecular weight excluding hydrogens is 601 g/mol. The molecule has 3 rings (SSSR count). The molecule has 0 heterocycles. The lowest BCUT2D eigenvalue weighted by molar-refractivity contribution is -0.143. The van der Waals surface area contributed by atoms with Gasteiger partial charge >= 0.3 is 18.5 Å². The molecule has 0 N–H and O–H groups in total. The third-order valence-electron chi connectivity index (χ3n) is 6.44. The predicted octanol–water partition coefficient (Wildman–Crippen LogP) is 8.50. The third-order valence-corrected chi connectivity index (χ3v) is 7.63. The summed E-state index contributed by atoms with van der Waals surface area (Å²) < 4.78 is 153. The Bertz CT molecular complexity index is 1510. The minimum atomic E-state index is -5.18. The predicted molar refractivity (Wildman–Crippen MR) is 138 cm³/mol. The molecule has 0 fully saturated rings. The van der Waals surface area contributed by atoms with Crippen LogP contribution in [0.5, 0.6) is 5.75 Å². The number of nitrogens with zero attached hydrogens (tertiary/aromatic N) is 1. The zero-order valence-electron chi connectivity index (χ0n) is 22.7. The molecule has 0 saturated carbocycles. The number of benzene rings is 3. The number of sulfonamides is 1. The summed E-state index contributed by atoms with van der Waals surface area (Å²) in [5.41, 5.74) is -4.07. The first-order valence-electron chi connectivity index (χ1n) is 12.2. The highest BCUT2D eigenvalue weighted by molar-refractivity contribution is 7.88. The number of alkyl halides is 9. The maximum atomic E-state index is 13.7. The van der Waals surface area contributed by atoms with E-state index in [2.05, 4.69) is 0 Å². The zero-order chi connectivity index (χ0) is 31.8. The van der Waals surface area contributed by atoms with Gasteiger partial charge in [-0.2, -0.15) is 43.8 Å². The van der Waals surface area contributed by atoms with Gasteiger partial charge in [0.1, 0.15) is 5.75 Å². The molecule has 0 amide bonds. The summed E-state index contributed by atoms with van der Waals surface area (Å²) in [6, 6.07) is 8.22. The maximum absolute atomic E-state index is 13.7. The van der Waals surface area contributed by atoms with Crippen LogP contribution in [0.2, 0.25) is 0 Å². The van der Waals surface area contributed by atoms with E-state index in [1.165, 1.54) is 7.11 Å². The van der Waals surface area contributed by atoms with Crippen molar-refractivity contribution in [2.75, 3.05) is 13.4 Å². The van der Waals surface area contributed by atoms with Gasteiger partial charge < -0.3 is 4.74 Å². The van der Waals surface area contributed by atoms with Gasteiger partial charge in [-0.05, 0) is 70.6 Å². The van der Waals surface area contributed by atoms with Gasteiger partial charge in [0, 0.05) is 18.7 Å². The molecule has 14 heteroatoms. The lowest BCUT2D eigenvalue weighted by Gasteiger charge is -2.24. The Morgan fingerprint density at radius 3 is 1.71 bits per heavy atom. The lowest BCUT2D eigenvalue weighted by Crippen LogP contribution is -2.30. The average Bonchev–Trinajstić information content (AvgIpc) is 2.85. The van der Waals surface area contributed by atoms with E-state index in [1.54, 1.807) is 18.2 Å². The molecule has 0 aliphatic rings. The summed E-state index contributed by atoms with van der Waals surface area (Å²) in [5, 5.41) is 0. The number of methoxy groups -OCH3 is 1. The normalized spacial score (nSPS) is 13.2. The van der Waals surface area contributed by atoms with Gasteiger partial charge in [-0.15, -0.1) is 0 Å². The standard InChI is InChI=1S/C28H26F9NO3S/c1-16(2)18-5-8-25(41-3)24(12-18)23-7-6-20(26(29,30)31)11-19(23)15-38(42(4,39)40)14-17-9-21(27(32,33)34)13-22(10-17)28(35,36)37/h5-13,16H,14-15H2,1-4H3. The molecule has 0 saturated heterocycles. The molecule has 0 bridgehead atoms. The number of hydrogen-bond acceptors (Lipinski definition) is 3. The second-order valence-corrected chi connectivity index (χ2v) is 11.9. The first-order chi connectivity index (χ1) is 19.1. The smallest absolute Gasteiger partial charge is 0.416 e. The van der Waals surface area contributed by atoms with Gasteiger partial charge in [0.15, 0.2) is 0 Å². The molecule has 0 spiro atoms. The molecule has 230 valence electrons. The van der Waals surface area contributed by atoms with Crippen LogP contribution in [0.3, 0.4) is 0 Å². The highest BCUT2D eigenvalue weighted by Gasteiger charge is 2.37. The molecular formula is C28H26F9NO3S. The molecule has 0 aliphatic carbocycles. The first kappa shape index (κ1) is 33.2. The zero-order valence-corrected chi connectivity index (χ0v) is 23.5. The summed E-state index contributed by atoms with van der Waals surface area (Å²) in [7, 11) is -3.06. The van der Waals surface area contributed by atoms with Crippen LogP contribution in [0.4, 0.5) is 39.5 Å². The molecule has 0 unspecified atom stereocenters. The van der Waals surface area contributed by atoms with Crippen LogP contribution in [-0.2, 0) is 41.6 Å². The minimum absolute atomic E-state index is 0.0104. The lowest BCUT2D eigenvalue weighted by atomic mass is 9.92. The van der Waals surface area contributed by atoms with E-state index in [0.717, 1.165) is 17.7 Å². The molecule has 4 nitrogen and oxygen atoms in total. The van der Waals surface area contributed by atoms with Crippen LogP contribution in [-0.4, -0.2) is 26.1 Å². The van der Waals surface area contributed by atoms with Crippen molar-refractivity contribution in [3.05, 3.63) is 88.0 Å². The largest absolute Gasteiger partial charge is 0.496 e. The van der Waals surface area contributed by atoms with E-state index in [9.17, 15) is 47.9 Å². The number of rotatable bonds is 8. The van der Waals surface area contributed by atoms with Crippen molar-refractivity contribution in [2.45, 2.75) is 51.4 Å². The molecule has 0 radical (unpaired) electrons. The fourth-order valence-corrected chi connectivity index (χ4v) is 5.01. The fraction of sp³-hybridized carbons (Fsp3) is 0.357. The minimum Gasteiger partial charge on any atom is -0.496 e.